The summed E-state index contributed by atoms with van der Waals surface area (Å²) in [4.78, 5) is 0. The molecule has 0 aliphatic rings. The second-order valence-corrected chi connectivity index (χ2v) is 5.94. The number of benzene rings is 2. The second-order valence-electron chi connectivity index (χ2n) is 5.53. The lowest BCUT2D eigenvalue weighted by atomic mass is 9.90. The molecule has 0 aliphatic carbocycles. The van der Waals surface area contributed by atoms with Gasteiger partial charge in [0.15, 0.2) is 0 Å². The molecule has 106 valence electrons. The molecular weight excluding hydrogens is 266 g/mol. The van der Waals surface area contributed by atoms with Gasteiger partial charge in [-0.1, -0.05) is 53.6 Å². The fourth-order valence-electron chi connectivity index (χ4n) is 2.54. The molecule has 0 heterocycles. The van der Waals surface area contributed by atoms with E-state index in [-0.39, 0.29) is 0 Å². The SMILES string of the molecule is Cc1ccc(C)c(CC(CN)Cc2ccccc2Cl)c1. The quantitative estimate of drug-likeness (QED) is 0.871. The molecule has 0 spiro atoms. The molecule has 0 bridgehead atoms. The lowest BCUT2D eigenvalue weighted by Gasteiger charge is -2.17. The molecule has 0 amide bonds. The van der Waals surface area contributed by atoms with Gasteiger partial charge in [-0.15, -0.1) is 0 Å². The fraction of sp³-hybridized carbons (Fsp3) is 0.333. The van der Waals surface area contributed by atoms with Crippen molar-refractivity contribution < 1.29 is 0 Å². The van der Waals surface area contributed by atoms with E-state index >= 15 is 0 Å². The van der Waals surface area contributed by atoms with Gasteiger partial charge in [0.1, 0.15) is 0 Å². The van der Waals surface area contributed by atoms with Crippen LogP contribution in [-0.4, -0.2) is 6.54 Å². The first-order valence-corrected chi connectivity index (χ1v) is 7.47. The van der Waals surface area contributed by atoms with E-state index in [1.165, 1.54) is 22.3 Å². The van der Waals surface area contributed by atoms with Crippen LogP contribution in [0.25, 0.3) is 0 Å². The standard InChI is InChI=1S/C18H22ClN/c1-13-7-8-14(2)17(9-13)11-15(12-20)10-16-5-3-4-6-18(16)19/h3-9,15H,10-12,20H2,1-2H3. The minimum absolute atomic E-state index is 0.426. The summed E-state index contributed by atoms with van der Waals surface area (Å²) in [6, 6.07) is 14.7. The van der Waals surface area contributed by atoms with Crippen molar-refractivity contribution in [1.82, 2.24) is 0 Å². The minimum atomic E-state index is 0.426. The van der Waals surface area contributed by atoms with Crippen molar-refractivity contribution in [3.63, 3.8) is 0 Å². The monoisotopic (exact) mass is 287 g/mol. The number of nitrogens with two attached hydrogens (primary N) is 1. The van der Waals surface area contributed by atoms with Crippen molar-refractivity contribution in [2.24, 2.45) is 11.7 Å². The molecule has 0 aromatic heterocycles. The lowest BCUT2D eigenvalue weighted by molar-refractivity contribution is 0.532. The zero-order valence-electron chi connectivity index (χ0n) is 12.2. The van der Waals surface area contributed by atoms with Gasteiger partial charge in [0.05, 0.1) is 0 Å². The Bertz CT molecular complexity index is 577. The summed E-state index contributed by atoms with van der Waals surface area (Å²) >= 11 is 6.24. The largest absolute Gasteiger partial charge is 0.330 e. The summed E-state index contributed by atoms with van der Waals surface area (Å²) in [5.41, 5.74) is 11.2. The Hall–Kier alpha value is -1.31. The first-order valence-electron chi connectivity index (χ1n) is 7.09. The summed E-state index contributed by atoms with van der Waals surface area (Å²) in [6.45, 7) is 4.98. The number of halogens is 1. The normalized spacial score (nSPS) is 12.4. The van der Waals surface area contributed by atoms with Crippen LogP contribution in [0.15, 0.2) is 42.5 Å². The van der Waals surface area contributed by atoms with Gasteiger partial charge in [0.25, 0.3) is 0 Å². The third kappa shape index (κ3) is 3.84. The van der Waals surface area contributed by atoms with Crippen LogP contribution < -0.4 is 5.73 Å². The number of rotatable bonds is 5. The van der Waals surface area contributed by atoms with E-state index < -0.39 is 0 Å². The number of hydrogen-bond donors (Lipinski definition) is 1. The molecule has 1 unspecified atom stereocenters. The Kier molecular flexibility index (Phi) is 5.22. The Morgan fingerprint density at radius 1 is 1.00 bits per heavy atom. The lowest BCUT2D eigenvalue weighted by Crippen LogP contribution is -2.20. The molecule has 2 rings (SSSR count). The Balaban J connectivity index is 2.13. The first kappa shape index (κ1) is 15.1. The second kappa shape index (κ2) is 6.92. The summed E-state index contributed by atoms with van der Waals surface area (Å²) in [7, 11) is 0. The molecule has 20 heavy (non-hydrogen) atoms. The predicted octanol–water partition coefficient (Wildman–Crippen LogP) is 4.32. The van der Waals surface area contributed by atoms with Gasteiger partial charge in [0.2, 0.25) is 0 Å². The highest BCUT2D eigenvalue weighted by atomic mass is 35.5. The average Bonchev–Trinajstić information content (AvgIpc) is 2.44. The highest BCUT2D eigenvalue weighted by molar-refractivity contribution is 6.31. The molecule has 0 saturated heterocycles. The molecule has 0 aliphatic heterocycles. The van der Waals surface area contributed by atoms with Crippen molar-refractivity contribution in [2.75, 3.05) is 6.54 Å². The van der Waals surface area contributed by atoms with Crippen molar-refractivity contribution in [3.05, 3.63) is 69.7 Å². The van der Waals surface area contributed by atoms with Gasteiger partial charge >= 0.3 is 0 Å². The van der Waals surface area contributed by atoms with E-state index in [1.807, 2.05) is 18.2 Å². The maximum absolute atomic E-state index is 6.24. The summed E-state index contributed by atoms with van der Waals surface area (Å²) < 4.78 is 0. The van der Waals surface area contributed by atoms with Gasteiger partial charge in [-0.2, -0.15) is 0 Å². The Labute approximate surface area is 126 Å². The molecule has 1 atom stereocenters. The van der Waals surface area contributed by atoms with E-state index in [0.717, 1.165) is 17.9 Å². The zero-order valence-corrected chi connectivity index (χ0v) is 13.0. The van der Waals surface area contributed by atoms with E-state index in [0.29, 0.717) is 12.5 Å². The van der Waals surface area contributed by atoms with E-state index in [1.54, 1.807) is 0 Å². The third-order valence-electron chi connectivity index (χ3n) is 3.81. The van der Waals surface area contributed by atoms with Crippen LogP contribution in [0.2, 0.25) is 5.02 Å². The van der Waals surface area contributed by atoms with Crippen LogP contribution in [0.1, 0.15) is 22.3 Å². The summed E-state index contributed by atoms with van der Waals surface area (Å²) in [5.74, 6) is 0.426. The molecule has 1 nitrogen and oxygen atoms in total. The van der Waals surface area contributed by atoms with E-state index in [4.69, 9.17) is 17.3 Å². The van der Waals surface area contributed by atoms with Crippen LogP contribution in [0.5, 0.6) is 0 Å². The highest BCUT2D eigenvalue weighted by Crippen LogP contribution is 2.22. The minimum Gasteiger partial charge on any atom is -0.330 e. The zero-order chi connectivity index (χ0) is 14.5. The average molecular weight is 288 g/mol. The highest BCUT2D eigenvalue weighted by Gasteiger charge is 2.12. The van der Waals surface area contributed by atoms with E-state index in [2.05, 4.69) is 38.1 Å². The molecule has 0 radical (unpaired) electrons. The third-order valence-corrected chi connectivity index (χ3v) is 4.18. The van der Waals surface area contributed by atoms with Crippen LogP contribution in [0, 0.1) is 19.8 Å². The van der Waals surface area contributed by atoms with Crippen LogP contribution in [-0.2, 0) is 12.8 Å². The van der Waals surface area contributed by atoms with E-state index in [9.17, 15) is 0 Å². The molecule has 0 saturated carbocycles. The van der Waals surface area contributed by atoms with Crippen LogP contribution in [0.4, 0.5) is 0 Å². The molecular formula is C18H22ClN. The summed E-state index contributed by atoms with van der Waals surface area (Å²) in [5, 5.41) is 0.840. The molecule has 2 N–H and O–H groups in total. The maximum Gasteiger partial charge on any atom is 0.0438 e. The molecule has 2 aromatic carbocycles. The molecule has 2 heteroatoms. The van der Waals surface area contributed by atoms with Crippen molar-refractivity contribution in [1.29, 1.82) is 0 Å². The molecule has 0 fully saturated rings. The number of aryl methyl sites for hydroxylation is 2. The first-order chi connectivity index (χ1) is 9.60. The van der Waals surface area contributed by atoms with Crippen molar-refractivity contribution in [3.8, 4) is 0 Å². The van der Waals surface area contributed by atoms with Crippen LogP contribution in [0.3, 0.4) is 0 Å². The van der Waals surface area contributed by atoms with Gasteiger partial charge < -0.3 is 5.73 Å². The van der Waals surface area contributed by atoms with Crippen molar-refractivity contribution in [2.45, 2.75) is 26.7 Å². The van der Waals surface area contributed by atoms with Gasteiger partial charge in [-0.05, 0) is 61.9 Å². The summed E-state index contributed by atoms with van der Waals surface area (Å²) in [6.07, 6.45) is 1.94. The topological polar surface area (TPSA) is 26.0 Å². The van der Waals surface area contributed by atoms with Gasteiger partial charge in [0, 0.05) is 5.02 Å². The Morgan fingerprint density at radius 2 is 1.70 bits per heavy atom. The predicted molar refractivity (Wildman–Crippen MR) is 87.3 cm³/mol. The number of hydrogen-bond acceptors (Lipinski definition) is 1. The van der Waals surface area contributed by atoms with Crippen LogP contribution >= 0.6 is 11.6 Å². The fourth-order valence-corrected chi connectivity index (χ4v) is 2.76. The maximum atomic E-state index is 6.24. The smallest absolute Gasteiger partial charge is 0.0438 e. The Morgan fingerprint density at radius 3 is 2.40 bits per heavy atom. The molecule has 2 aromatic rings. The van der Waals surface area contributed by atoms with Gasteiger partial charge in [-0.3, -0.25) is 0 Å². The van der Waals surface area contributed by atoms with Gasteiger partial charge in [-0.25, -0.2) is 0 Å². The van der Waals surface area contributed by atoms with Crippen molar-refractivity contribution >= 4 is 11.6 Å².